The molecule has 0 atom stereocenters. The summed E-state index contributed by atoms with van der Waals surface area (Å²) in [5.74, 6) is 0.169. The van der Waals surface area contributed by atoms with Gasteiger partial charge in [-0.25, -0.2) is 0 Å². The zero-order chi connectivity index (χ0) is 15.5. The molecule has 22 heavy (non-hydrogen) atoms. The number of benzene rings is 1. The third-order valence-corrected chi connectivity index (χ3v) is 3.96. The minimum absolute atomic E-state index is 0.0858. The Hall–Kier alpha value is -2.41. The minimum Gasteiger partial charge on any atom is -0.325 e. The normalized spacial score (nSPS) is 10.8. The Bertz CT molecular complexity index is 815. The number of fused-ring (bicyclic) bond motifs is 1. The monoisotopic (exact) mass is 313 g/mol. The zero-order valence-corrected chi connectivity index (χ0v) is 13.1. The number of hydrogen-bond donors (Lipinski definition) is 1. The first-order valence-corrected chi connectivity index (χ1v) is 7.79. The van der Waals surface area contributed by atoms with E-state index in [-0.39, 0.29) is 11.7 Å². The standard InChI is InChI=1S/C15H15N5OS/c1-10-8-11(2)19-20-14(10)17-18-15(20)22-9-13(21)16-12-6-4-3-5-7-12/h3-8H,9H2,1-2H3,(H,16,21). The SMILES string of the molecule is Cc1cc(C)c2nnc(SCC(=O)Nc3ccccc3)n2n1. The van der Waals surface area contributed by atoms with Gasteiger partial charge < -0.3 is 5.32 Å². The molecule has 0 saturated heterocycles. The highest BCUT2D eigenvalue weighted by molar-refractivity contribution is 7.99. The summed E-state index contributed by atoms with van der Waals surface area (Å²) >= 11 is 1.32. The van der Waals surface area contributed by atoms with Crippen LogP contribution in [-0.2, 0) is 4.79 Å². The lowest BCUT2D eigenvalue weighted by atomic mass is 10.3. The molecule has 0 aliphatic carbocycles. The Labute approximate surface area is 131 Å². The van der Waals surface area contributed by atoms with Gasteiger partial charge in [0.15, 0.2) is 5.65 Å². The summed E-state index contributed by atoms with van der Waals surface area (Å²) in [6, 6.07) is 11.3. The first-order chi connectivity index (χ1) is 10.6. The molecule has 0 unspecified atom stereocenters. The van der Waals surface area contributed by atoms with E-state index in [1.54, 1.807) is 4.52 Å². The van der Waals surface area contributed by atoms with E-state index in [2.05, 4.69) is 20.6 Å². The van der Waals surface area contributed by atoms with Crippen molar-refractivity contribution >= 4 is 29.0 Å². The smallest absolute Gasteiger partial charge is 0.234 e. The molecule has 112 valence electrons. The van der Waals surface area contributed by atoms with Gasteiger partial charge in [-0.3, -0.25) is 4.79 Å². The minimum atomic E-state index is -0.0858. The maximum absolute atomic E-state index is 12.0. The molecule has 1 amide bonds. The number of hydrogen-bond acceptors (Lipinski definition) is 5. The maximum Gasteiger partial charge on any atom is 0.234 e. The van der Waals surface area contributed by atoms with Gasteiger partial charge in [0.1, 0.15) is 0 Å². The number of para-hydroxylation sites is 1. The van der Waals surface area contributed by atoms with Crippen LogP contribution in [-0.4, -0.2) is 31.5 Å². The largest absolute Gasteiger partial charge is 0.325 e. The van der Waals surface area contributed by atoms with Crippen molar-refractivity contribution < 1.29 is 4.79 Å². The number of carbonyl (C=O) groups is 1. The Kier molecular flexibility index (Phi) is 4.06. The second-order valence-corrected chi connectivity index (χ2v) is 5.83. The first kappa shape index (κ1) is 14.5. The van der Waals surface area contributed by atoms with Gasteiger partial charge in [0, 0.05) is 5.69 Å². The van der Waals surface area contributed by atoms with Crippen LogP contribution in [0.15, 0.2) is 41.6 Å². The van der Waals surface area contributed by atoms with Crippen LogP contribution in [0.2, 0.25) is 0 Å². The Morgan fingerprint density at radius 3 is 2.77 bits per heavy atom. The topological polar surface area (TPSA) is 72.2 Å². The van der Waals surface area contributed by atoms with Crippen molar-refractivity contribution in [2.75, 3.05) is 11.1 Å². The number of nitrogens with zero attached hydrogens (tertiary/aromatic N) is 4. The molecule has 3 aromatic rings. The van der Waals surface area contributed by atoms with E-state index in [4.69, 9.17) is 0 Å². The van der Waals surface area contributed by atoms with Gasteiger partial charge in [-0.2, -0.15) is 9.61 Å². The summed E-state index contributed by atoms with van der Waals surface area (Å²) in [6.45, 7) is 3.89. The van der Waals surface area contributed by atoms with Gasteiger partial charge in [-0.1, -0.05) is 30.0 Å². The van der Waals surface area contributed by atoms with Gasteiger partial charge in [0.05, 0.1) is 11.4 Å². The van der Waals surface area contributed by atoms with Crippen molar-refractivity contribution in [3.8, 4) is 0 Å². The molecular weight excluding hydrogens is 298 g/mol. The van der Waals surface area contributed by atoms with Crippen molar-refractivity contribution in [2.24, 2.45) is 0 Å². The molecule has 0 radical (unpaired) electrons. The van der Waals surface area contributed by atoms with E-state index in [1.807, 2.05) is 50.2 Å². The summed E-state index contributed by atoms with van der Waals surface area (Å²) in [4.78, 5) is 12.0. The molecule has 0 aliphatic rings. The lowest BCUT2D eigenvalue weighted by Gasteiger charge is -2.04. The zero-order valence-electron chi connectivity index (χ0n) is 12.3. The van der Waals surface area contributed by atoms with Crippen LogP contribution in [0.4, 0.5) is 5.69 Å². The predicted octanol–water partition coefficient (Wildman–Crippen LogP) is 2.47. The van der Waals surface area contributed by atoms with Crippen LogP contribution in [0, 0.1) is 13.8 Å². The third-order valence-electron chi connectivity index (χ3n) is 3.04. The maximum atomic E-state index is 12.0. The van der Waals surface area contributed by atoms with E-state index >= 15 is 0 Å². The summed E-state index contributed by atoms with van der Waals surface area (Å²) in [5, 5.41) is 16.1. The average Bonchev–Trinajstić information content (AvgIpc) is 2.89. The molecule has 6 nitrogen and oxygen atoms in total. The van der Waals surface area contributed by atoms with Crippen LogP contribution < -0.4 is 5.32 Å². The molecule has 3 rings (SSSR count). The van der Waals surface area contributed by atoms with Crippen LogP contribution in [0.3, 0.4) is 0 Å². The third kappa shape index (κ3) is 3.09. The lowest BCUT2D eigenvalue weighted by Crippen LogP contribution is -2.14. The number of thioether (sulfide) groups is 1. The van der Waals surface area contributed by atoms with Gasteiger partial charge in [0.2, 0.25) is 11.1 Å². The van der Waals surface area contributed by atoms with Gasteiger partial charge in [-0.15, -0.1) is 10.2 Å². The number of amides is 1. The average molecular weight is 313 g/mol. The van der Waals surface area contributed by atoms with E-state index in [0.717, 1.165) is 22.6 Å². The molecule has 2 heterocycles. The molecule has 0 spiro atoms. The van der Waals surface area contributed by atoms with Crippen LogP contribution in [0.1, 0.15) is 11.3 Å². The Morgan fingerprint density at radius 1 is 1.23 bits per heavy atom. The van der Waals surface area contributed by atoms with Crippen molar-refractivity contribution in [3.63, 3.8) is 0 Å². The van der Waals surface area contributed by atoms with Crippen molar-refractivity contribution in [3.05, 3.63) is 47.7 Å². The lowest BCUT2D eigenvalue weighted by molar-refractivity contribution is -0.113. The van der Waals surface area contributed by atoms with E-state index in [1.165, 1.54) is 11.8 Å². The molecule has 0 bridgehead atoms. The molecule has 1 N–H and O–H groups in total. The summed E-state index contributed by atoms with van der Waals surface area (Å²) < 4.78 is 1.69. The first-order valence-electron chi connectivity index (χ1n) is 6.81. The van der Waals surface area contributed by atoms with Gasteiger partial charge in [0.25, 0.3) is 0 Å². The predicted molar refractivity (Wildman–Crippen MR) is 86.1 cm³/mol. The number of aryl methyl sites for hydroxylation is 2. The fourth-order valence-electron chi connectivity index (χ4n) is 2.10. The van der Waals surface area contributed by atoms with E-state index < -0.39 is 0 Å². The molecule has 0 saturated carbocycles. The molecule has 7 heteroatoms. The number of anilines is 1. The number of carbonyl (C=O) groups excluding carboxylic acids is 1. The van der Waals surface area contributed by atoms with E-state index in [9.17, 15) is 4.79 Å². The highest BCUT2D eigenvalue weighted by Gasteiger charge is 2.12. The second-order valence-electron chi connectivity index (χ2n) is 4.89. The molecule has 2 aromatic heterocycles. The summed E-state index contributed by atoms with van der Waals surface area (Å²) in [6.07, 6.45) is 0. The van der Waals surface area contributed by atoms with Crippen LogP contribution in [0.25, 0.3) is 5.65 Å². The van der Waals surface area contributed by atoms with Crippen molar-refractivity contribution in [1.82, 2.24) is 19.8 Å². The summed E-state index contributed by atoms with van der Waals surface area (Å²) in [5.41, 5.74) is 3.40. The fourth-order valence-corrected chi connectivity index (χ4v) is 2.79. The van der Waals surface area contributed by atoms with Crippen molar-refractivity contribution in [2.45, 2.75) is 19.0 Å². The highest BCUT2D eigenvalue weighted by atomic mass is 32.2. The van der Waals surface area contributed by atoms with E-state index in [0.29, 0.717) is 5.16 Å². The molecular formula is C15H15N5OS. The quantitative estimate of drug-likeness (QED) is 0.749. The fraction of sp³-hybridized carbons (Fsp3) is 0.200. The molecule has 0 aliphatic heterocycles. The van der Waals surface area contributed by atoms with Gasteiger partial charge in [-0.05, 0) is 37.6 Å². The number of aromatic nitrogens is 4. The second kappa shape index (κ2) is 6.15. The Balaban J connectivity index is 1.70. The Morgan fingerprint density at radius 2 is 2.00 bits per heavy atom. The highest BCUT2D eigenvalue weighted by Crippen LogP contribution is 2.18. The molecule has 1 aromatic carbocycles. The number of nitrogens with one attached hydrogen (secondary N) is 1. The van der Waals surface area contributed by atoms with Gasteiger partial charge >= 0.3 is 0 Å². The number of rotatable bonds is 4. The van der Waals surface area contributed by atoms with Crippen LogP contribution >= 0.6 is 11.8 Å². The molecule has 0 fully saturated rings. The van der Waals surface area contributed by atoms with Crippen LogP contribution in [0.5, 0.6) is 0 Å². The summed E-state index contributed by atoms with van der Waals surface area (Å²) in [7, 11) is 0. The van der Waals surface area contributed by atoms with Crippen molar-refractivity contribution in [1.29, 1.82) is 0 Å².